The molecule has 0 bridgehead atoms. The van der Waals surface area contributed by atoms with Gasteiger partial charge < -0.3 is 9.47 Å². The van der Waals surface area contributed by atoms with Crippen molar-refractivity contribution in [2.24, 2.45) is 17.8 Å². The van der Waals surface area contributed by atoms with Gasteiger partial charge in [0.05, 0.1) is 39.5 Å². The van der Waals surface area contributed by atoms with Crippen LogP contribution in [0.4, 0.5) is 0 Å². The number of hydrogen-bond donors (Lipinski definition) is 0. The van der Waals surface area contributed by atoms with Crippen LogP contribution in [-0.2, 0) is 28.7 Å². The van der Waals surface area contributed by atoms with Crippen molar-refractivity contribution in [2.75, 3.05) is 39.5 Å². The molecule has 2 atom stereocenters. The van der Waals surface area contributed by atoms with Crippen molar-refractivity contribution in [1.29, 1.82) is 0 Å². The van der Waals surface area contributed by atoms with Gasteiger partial charge in [0, 0.05) is 24.7 Å². The highest BCUT2D eigenvalue weighted by Crippen LogP contribution is 2.25. The highest BCUT2D eigenvalue weighted by atomic mass is 16.5. The summed E-state index contributed by atoms with van der Waals surface area (Å²) in [7, 11) is 0. The second kappa shape index (κ2) is 9.23. The molecule has 0 aromatic heterocycles. The molecule has 4 amide bonds. The van der Waals surface area contributed by atoms with Crippen molar-refractivity contribution in [2.45, 2.75) is 33.6 Å². The SMILES string of the molecule is CC1CC(=O)N(CCOCCOCCN2C(=O)CC(C(C)C)C2=O)C1=O. The van der Waals surface area contributed by atoms with Crippen molar-refractivity contribution in [3.63, 3.8) is 0 Å². The van der Waals surface area contributed by atoms with E-state index in [0.717, 1.165) is 0 Å². The van der Waals surface area contributed by atoms with Crippen LogP contribution in [0.15, 0.2) is 0 Å². The molecule has 146 valence electrons. The fourth-order valence-electron chi connectivity index (χ4n) is 3.18. The Morgan fingerprint density at radius 2 is 1.35 bits per heavy atom. The Morgan fingerprint density at radius 1 is 0.846 bits per heavy atom. The molecule has 8 heteroatoms. The van der Waals surface area contributed by atoms with Crippen LogP contribution < -0.4 is 0 Å². The Morgan fingerprint density at radius 3 is 1.77 bits per heavy atom. The number of hydrogen-bond acceptors (Lipinski definition) is 6. The highest BCUT2D eigenvalue weighted by Gasteiger charge is 2.39. The van der Waals surface area contributed by atoms with Crippen LogP contribution in [0.3, 0.4) is 0 Å². The van der Waals surface area contributed by atoms with Gasteiger partial charge in [-0.1, -0.05) is 20.8 Å². The normalized spacial score (nSPS) is 23.8. The molecule has 2 heterocycles. The maximum absolute atomic E-state index is 12.1. The average Bonchev–Trinajstić information content (AvgIpc) is 3.00. The monoisotopic (exact) mass is 368 g/mol. The van der Waals surface area contributed by atoms with Gasteiger partial charge in [-0.25, -0.2) is 0 Å². The molecule has 0 aliphatic carbocycles. The van der Waals surface area contributed by atoms with Crippen molar-refractivity contribution in [3.8, 4) is 0 Å². The van der Waals surface area contributed by atoms with Crippen LogP contribution >= 0.6 is 0 Å². The number of nitrogens with zero attached hydrogens (tertiary/aromatic N) is 2. The van der Waals surface area contributed by atoms with Gasteiger partial charge in [-0.3, -0.25) is 29.0 Å². The fourth-order valence-corrected chi connectivity index (χ4v) is 3.18. The Bertz CT molecular complexity index is 562. The molecule has 2 unspecified atom stereocenters. The van der Waals surface area contributed by atoms with Gasteiger partial charge in [0.2, 0.25) is 23.6 Å². The van der Waals surface area contributed by atoms with Gasteiger partial charge in [0.15, 0.2) is 0 Å². The summed E-state index contributed by atoms with van der Waals surface area (Å²) >= 11 is 0. The number of carbonyl (C=O) groups is 4. The van der Waals surface area contributed by atoms with E-state index in [0.29, 0.717) is 13.2 Å². The molecule has 0 aromatic carbocycles. The van der Waals surface area contributed by atoms with Gasteiger partial charge in [-0.15, -0.1) is 0 Å². The Labute approximate surface area is 153 Å². The van der Waals surface area contributed by atoms with E-state index in [1.165, 1.54) is 9.80 Å². The van der Waals surface area contributed by atoms with Crippen LogP contribution in [0, 0.1) is 17.8 Å². The van der Waals surface area contributed by atoms with Crippen molar-refractivity contribution in [1.82, 2.24) is 9.80 Å². The standard InChI is InChI=1S/C18H28N2O6/c1-12(2)14-11-16(22)20(18(14)24)5-7-26-9-8-25-6-4-19-15(21)10-13(3)17(19)23/h12-14H,4-11H2,1-3H3. The van der Waals surface area contributed by atoms with Crippen LogP contribution in [0.25, 0.3) is 0 Å². The van der Waals surface area contributed by atoms with E-state index in [9.17, 15) is 19.2 Å². The van der Waals surface area contributed by atoms with Gasteiger partial charge in [-0.2, -0.15) is 0 Å². The minimum atomic E-state index is -0.239. The summed E-state index contributed by atoms with van der Waals surface area (Å²) in [4.78, 5) is 49.9. The third-order valence-corrected chi connectivity index (χ3v) is 4.84. The topological polar surface area (TPSA) is 93.2 Å². The first-order valence-electron chi connectivity index (χ1n) is 9.16. The van der Waals surface area contributed by atoms with Gasteiger partial charge in [-0.05, 0) is 5.92 Å². The summed E-state index contributed by atoms with van der Waals surface area (Å²) in [6.07, 6.45) is 0.555. The number of carbonyl (C=O) groups excluding carboxylic acids is 4. The minimum Gasteiger partial charge on any atom is -0.377 e. The van der Waals surface area contributed by atoms with Crippen molar-refractivity contribution >= 4 is 23.6 Å². The predicted molar refractivity (Wildman–Crippen MR) is 91.8 cm³/mol. The van der Waals surface area contributed by atoms with E-state index < -0.39 is 0 Å². The molecule has 2 aliphatic heterocycles. The predicted octanol–water partition coefficient (Wildman–Crippen LogP) is 0.446. The number of ether oxygens (including phenoxy) is 2. The number of amides is 4. The quantitative estimate of drug-likeness (QED) is 0.410. The molecule has 2 rings (SSSR count). The highest BCUT2D eigenvalue weighted by molar-refractivity contribution is 6.04. The molecule has 0 N–H and O–H groups in total. The second-order valence-electron chi connectivity index (χ2n) is 7.15. The number of imide groups is 2. The third-order valence-electron chi connectivity index (χ3n) is 4.84. The molecule has 2 saturated heterocycles. The van der Waals surface area contributed by atoms with Crippen LogP contribution in [0.1, 0.15) is 33.6 Å². The number of rotatable bonds is 10. The summed E-state index contributed by atoms with van der Waals surface area (Å²) < 4.78 is 10.8. The lowest BCUT2D eigenvalue weighted by atomic mass is 9.94. The second-order valence-corrected chi connectivity index (χ2v) is 7.15. The molecule has 0 aromatic rings. The van der Waals surface area contributed by atoms with E-state index in [1.54, 1.807) is 6.92 Å². The van der Waals surface area contributed by atoms with Crippen molar-refractivity contribution in [3.05, 3.63) is 0 Å². The molecule has 2 aliphatic rings. The van der Waals surface area contributed by atoms with Crippen molar-refractivity contribution < 1.29 is 28.7 Å². The summed E-state index contributed by atoms with van der Waals surface area (Å²) in [6.45, 7) is 7.33. The zero-order chi connectivity index (χ0) is 19.3. The van der Waals surface area contributed by atoms with E-state index >= 15 is 0 Å². The zero-order valence-corrected chi connectivity index (χ0v) is 15.7. The van der Waals surface area contributed by atoms with Crippen LogP contribution in [0.5, 0.6) is 0 Å². The van der Waals surface area contributed by atoms with E-state index in [1.807, 2.05) is 13.8 Å². The fraction of sp³-hybridized carbons (Fsp3) is 0.778. The first kappa shape index (κ1) is 20.5. The summed E-state index contributed by atoms with van der Waals surface area (Å²) in [5.41, 5.74) is 0. The maximum atomic E-state index is 12.1. The maximum Gasteiger partial charge on any atom is 0.233 e. The van der Waals surface area contributed by atoms with E-state index in [2.05, 4.69) is 0 Å². The Kier molecular flexibility index (Phi) is 7.28. The zero-order valence-electron chi connectivity index (χ0n) is 15.7. The molecule has 2 fully saturated rings. The van der Waals surface area contributed by atoms with Gasteiger partial charge >= 0.3 is 0 Å². The first-order valence-corrected chi connectivity index (χ1v) is 9.16. The smallest absolute Gasteiger partial charge is 0.233 e. The van der Waals surface area contributed by atoms with Gasteiger partial charge in [0.25, 0.3) is 0 Å². The third kappa shape index (κ3) is 4.88. The summed E-state index contributed by atoms with van der Waals surface area (Å²) in [5, 5.41) is 0. The lowest BCUT2D eigenvalue weighted by molar-refractivity contribution is -0.142. The van der Waals surface area contributed by atoms with E-state index in [-0.39, 0.29) is 80.5 Å². The van der Waals surface area contributed by atoms with E-state index in [4.69, 9.17) is 9.47 Å². The molecule has 8 nitrogen and oxygen atoms in total. The Balaban J connectivity index is 1.54. The molecule has 0 saturated carbocycles. The molecular formula is C18H28N2O6. The van der Waals surface area contributed by atoms with Crippen LogP contribution in [-0.4, -0.2) is 72.9 Å². The van der Waals surface area contributed by atoms with Gasteiger partial charge in [0.1, 0.15) is 0 Å². The largest absolute Gasteiger partial charge is 0.377 e. The summed E-state index contributed by atoms with van der Waals surface area (Å²) in [5.74, 6) is -0.844. The lowest BCUT2D eigenvalue weighted by Crippen LogP contribution is -2.35. The van der Waals surface area contributed by atoms with Crippen LogP contribution in [0.2, 0.25) is 0 Å². The molecule has 0 spiro atoms. The first-order chi connectivity index (χ1) is 12.3. The molecule has 26 heavy (non-hydrogen) atoms. The Hall–Kier alpha value is -1.80. The molecular weight excluding hydrogens is 340 g/mol. The summed E-state index contributed by atoms with van der Waals surface area (Å²) in [6, 6.07) is 0. The lowest BCUT2D eigenvalue weighted by Gasteiger charge is -2.16. The molecule has 0 radical (unpaired) electrons. The minimum absolute atomic E-state index is 0.112. The average molecular weight is 368 g/mol. The number of likely N-dealkylation sites (tertiary alicyclic amines) is 2.